The van der Waals surface area contributed by atoms with Crippen LogP contribution < -0.4 is 5.01 Å². The van der Waals surface area contributed by atoms with Crippen LogP contribution in [0.4, 0.5) is 10.5 Å². The molecule has 2 aliphatic heterocycles. The van der Waals surface area contributed by atoms with Crippen molar-refractivity contribution in [3.05, 3.63) is 30.3 Å². The van der Waals surface area contributed by atoms with Gasteiger partial charge in [-0.25, -0.2) is 9.80 Å². The van der Waals surface area contributed by atoms with Crippen molar-refractivity contribution in [2.45, 2.75) is 57.2 Å². The first kappa shape index (κ1) is 13.0. The summed E-state index contributed by atoms with van der Waals surface area (Å²) in [5, 5.41) is 4.05. The molecule has 4 heteroatoms. The predicted octanol–water partition coefficient (Wildman–Crippen LogP) is 3.58. The molecule has 0 radical (unpaired) electrons. The molecule has 4 nitrogen and oxygen atoms in total. The third-order valence-corrected chi connectivity index (χ3v) is 6.18. The summed E-state index contributed by atoms with van der Waals surface area (Å²) >= 11 is 0. The maximum Gasteiger partial charge on any atom is 0.430 e. The largest absolute Gasteiger partial charge is 0.439 e. The average molecular weight is 286 g/mol. The highest BCUT2D eigenvalue weighted by molar-refractivity contribution is 5.78. The summed E-state index contributed by atoms with van der Waals surface area (Å²) in [5.41, 5.74) is 0.311. The zero-order chi connectivity index (χ0) is 15.0. The molecule has 0 N–H and O–H groups in total. The zero-order valence-electron chi connectivity index (χ0n) is 13.1. The topological polar surface area (TPSA) is 32.8 Å². The van der Waals surface area contributed by atoms with Crippen LogP contribution in [0, 0.1) is 5.92 Å². The minimum Gasteiger partial charge on any atom is -0.439 e. The standard InChI is InChI=1S/C17H22N2O2/c1-15(2)13-10-11-16(3)17(13,4)19(14(20)21-16)18(15)12-8-6-5-7-9-12/h5-9,13H,10-11H2,1-4H3/t13-,16-,17-/m1/s1. The molecule has 1 aromatic carbocycles. The maximum absolute atomic E-state index is 12.6. The van der Waals surface area contributed by atoms with E-state index in [4.69, 9.17) is 4.74 Å². The maximum atomic E-state index is 12.6. The summed E-state index contributed by atoms with van der Waals surface area (Å²) in [6.07, 6.45) is 1.83. The van der Waals surface area contributed by atoms with Crippen molar-refractivity contribution in [3.63, 3.8) is 0 Å². The molecular formula is C17H22N2O2. The van der Waals surface area contributed by atoms with Gasteiger partial charge in [-0.2, -0.15) is 0 Å². The lowest BCUT2D eigenvalue weighted by Gasteiger charge is -2.39. The van der Waals surface area contributed by atoms with Gasteiger partial charge in [0.25, 0.3) is 0 Å². The summed E-state index contributed by atoms with van der Waals surface area (Å²) in [5.74, 6) is 0.404. The Labute approximate surface area is 125 Å². The molecule has 2 heterocycles. The van der Waals surface area contributed by atoms with E-state index in [1.54, 1.807) is 0 Å². The van der Waals surface area contributed by atoms with E-state index in [1.165, 1.54) is 0 Å². The van der Waals surface area contributed by atoms with E-state index in [0.717, 1.165) is 18.5 Å². The molecule has 112 valence electrons. The van der Waals surface area contributed by atoms with E-state index in [0.29, 0.717) is 5.92 Å². The van der Waals surface area contributed by atoms with E-state index < -0.39 is 0 Å². The summed E-state index contributed by atoms with van der Waals surface area (Å²) in [4.78, 5) is 12.6. The van der Waals surface area contributed by atoms with Gasteiger partial charge in [0.05, 0.1) is 11.2 Å². The molecule has 0 unspecified atom stereocenters. The Morgan fingerprint density at radius 3 is 2.43 bits per heavy atom. The lowest BCUT2D eigenvalue weighted by Crippen LogP contribution is -2.54. The smallest absolute Gasteiger partial charge is 0.430 e. The van der Waals surface area contributed by atoms with E-state index in [-0.39, 0.29) is 22.8 Å². The van der Waals surface area contributed by atoms with Gasteiger partial charge >= 0.3 is 6.09 Å². The van der Waals surface area contributed by atoms with Gasteiger partial charge in [0, 0.05) is 5.92 Å². The number of anilines is 1. The lowest BCUT2D eigenvalue weighted by atomic mass is 9.74. The predicted molar refractivity (Wildman–Crippen MR) is 80.9 cm³/mol. The first-order valence-electron chi connectivity index (χ1n) is 7.71. The van der Waals surface area contributed by atoms with Crippen molar-refractivity contribution in [1.82, 2.24) is 5.01 Å². The fourth-order valence-corrected chi connectivity index (χ4v) is 5.03. The minimum atomic E-state index is -0.379. The molecule has 1 amide bonds. The number of nitrogens with zero attached hydrogens (tertiary/aromatic N) is 2. The van der Waals surface area contributed by atoms with Crippen LogP contribution in [0.1, 0.15) is 40.5 Å². The van der Waals surface area contributed by atoms with Gasteiger partial charge in [0.15, 0.2) is 0 Å². The summed E-state index contributed by atoms with van der Waals surface area (Å²) in [6, 6.07) is 10.2. The Morgan fingerprint density at radius 2 is 1.76 bits per heavy atom. The second-order valence-electron chi connectivity index (χ2n) is 7.45. The highest BCUT2D eigenvalue weighted by Crippen LogP contribution is 2.63. The van der Waals surface area contributed by atoms with E-state index >= 15 is 0 Å². The molecule has 0 aromatic heterocycles. The van der Waals surface area contributed by atoms with Crippen LogP contribution in [0.5, 0.6) is 0 Å². The third kappa shape index (κ3) is 1.25. The normalized spacial score (nSPS) is 39.6. The number of hydrogen-bond donors (Lipinski definition) is 0. The van der Waals surface area contributed by atoms with Gasteiger partial charge in [0.1, 0.15) is 11.1 Å². The zero-order valence-corrected chi connectivity index (χ0v) is 13.1. The van der Waals surface area contributed by atoms with Gasteiger partial charge in [-0.05, 0) is 52.7 Å². The second kappa shape index (κ2) is 3.54. The van der Waals surface area contributed by atoms with Crippen LogP contribution >= 0.6 is 0 Å². The van der Waals surface area contributed by atoms with Crippen LogP contribution in [-0.4, -0.2) is 27.8 Å². The van der Waals surface area contributed by atoms with Crippen molar-refractivity contribution >= 4 is 11.8 Å². The van der Waals surface area contributed by atoms with Gasteiger partial charge in [0.2, 0.25) is 0 Å². The van der Waals surface area contributed by atoms with Crippen LogP contribution in [-0.2, 0) is 4.74 Å². The molecule has 1 saturated carbocycles. The van der Waals surface area contributed by atoms with Gasteiger partial charge < -0.3 is 4.74 Å². The summed E-state index contributed by atoms with van der Waals surface area (Å²) in [6.45, 7) is 8.77. The molecular weight excluding hydrogens is 264 g/mol. The second-order valence-corrected chi connectivity index (χ2v) is 7.45. The molecule has 3 atom stereocenters. The molecule has 0 spiro atoms. The Bertz CT molecular complexity index is 614. The number of rotatable bonds is 1. The average Bonchev–Trinajstić information content (AvgIpc) is 2.87. The van der Waals surface area contributed by atoms with Crippen molar-refractivity contribution in [1.29, 1.82) is 0 Å². The summed E-state index contributed by atoms with van der Waals surface area (Å²) < 4.78 is 5.80. The monoisotopic (exact) mass is 286 g/mol. The van der Waals surface area contributed by atoms with Crippen molar-refractivity contribution in [2.75, 3.05) is 5.01 Å². The highest BCUT2D eigenvalue weighted by atomic mass is 16.6. The molecule has 1 aliphatic carbocycles. The van der Waals surface area contributed by atoms with Crippen molar-refractivity contribution in [2.24, 2.45) is 5.92 Å². The van der Waals surface area contributed by atoms with Gasteiger partial charge in [-0.15, -0.1) is 0 Å². The van der Waals surface area contributed by atoms with Crippen LogP contribution in [0.2, 0.25) is 0 Å². The molecule has 2 saturated heterocycles. The lowest BCUT2D eigenvalue weighted by molar-refractivity contribution is 0.0271. The first-order valence-corrected chi connectivity index (χ1v) is 7.71. The third-order valence-electron chi connectivity index (χ3n) is 6.18. The number of ether oxygens (including phenoxy) is 1. The number of para-hydroxylation sites is 1. The Balaban J connectivity index is 1.92. The van der Waals surface area contributed by atoms with Crippen molar-refractivity contribution < 1.29 is 9.53 Å². The molecule has 21 heavy (non-hydrogen) atoms. The highest BCUT2D eigenvalue weighted by Gasteiger charge is 2.76. The fourth-order valence-electron chi connectivity index (χ4n) is 5.03. The van der Waals surface area contributed by atoms with Crippen LogP contribution in [0.25, 0.3) is 0 Å². The quantitative estimate of drug-likeness (QED) is 0.791. The van der Waals surface area contributed by atoms with E-state index in [1.807, 2.05) is 23.2 Å². The van der Waals surface area contributed by atoms with Crippen LogP contribution in [0.3, 0.4) is 0 Å². The Kier molecular flexibility index (Phi) is 2.19. The Morgan fingerprint density at radius 1 is 1.10 bits per heavy atom. The molecule has 4 rings (SSSR count). The number of hydrogen-bond acceptors (Lipinski definition) is 3. The number of hydrazine groups is 1. The van der Waals surface area contributed by atoms with E-state index in [2.05, 4.69) is 44.8 Å². The fraction of sp³-hybridized carbons (Fsp3) is 0.588. The van der Waals surface area contributed by atoms with E-state index in [9.17, 15) is 4.79 Å². The molecule has 3 aliphatic rings. The molecule has 0 bridgehead atoms. The summed E-state index contributed by atoms with van der Waals surface area (Å²) in [7, 11) is 0. The van der Waals surface area contributed by atoms with Gasteiger partial charge in [-0.1, -0.05) is 18.2 Å². The number of benzene rings is 1. The van der Waals surface area contributed by atoms with Crippen molar-refractivity contribution in [3.8, 4) is 0 Å². The Hall–Kier alpha value is -1.71. The molecule has 3 fully saturated rings. The number of carbonyl (C=O) groups excluding carboxylic acids is 1. The minimum absolute atomic E-state index is 0.104. The first-order chi connectivity index (χ1) is 9.82. The van der Waals surface area contributed by atoms with Crippen LogP contribution in [0.15, 0.2) is 30.3 Å². The number of amides is 1. The van der Waals surface area contributed by atoms with Gasteiger partial charge in [-0.3, -0.25) is 5.01 Å². The number of carbonyl (C=O) groups is 1. The molecule has 1 aromatic rings. The SMILES string of the molecule is CC1(C)[C@H]2CC[C@@]3(C)OC(=O)N(N1c1ccccc1)[C@]23C.